The van der Waals surface area contributed by atoms with Crippen LogP contribution in [0.5, 0.6) is 0 Å². The van der Waals surface area contributed by atoms with Gasteiger partial charge in [-0.2, -0.15) is 0 Å². The van der Waals surface area contributed by atoms with Crippen LogP contribution in [0.4, 0.5) is 0 Å². The SMILES string of the molecule is CC1(C)CC[C@]23CC[C@]4(C)[C@H](CC[C@@H]5[C@@]6(C)C/C(=C\c7ccco7)[C@H](O)C(C)(C)[C@H]6CC[C@]54C)[C@H]2[C@H]1OC3. The molecule has 0 unspecified atom stereocenters. The molecule has 0 spiro atoms. The zero-order chi connectivity index (χ0) is 26.9. The van der Waals surface area contributed by atoms with Crippen LogP contribution in [-0.4, -0.2) is 23.9 Å². The fourth-order valence-electron chi connectivity index (χ4n) is 12.7. The van der Waals surface area contributed by atoms with Crippen LogP contribution < -0.4 is 0 Å². The third-order valence-corrected chi connectivity index (χ3v) is 14.8. The second kappa shape index (κ2) is 7.81. The highest BCUT2D eigenvalue weighted by Crippen LogP contribution is 2.78. The maximum atomic E-state index is 11.7. The van der Waals surface area contributed by atoms with Crippen molar-refractivity contribution in [3.63, 3.8) is 0 Å². The summed E-state index contributed by atoms with van der Waals surface area (Å²) in [6.45, 7) is 18.7. The van der Waals surface area contributed by atoms with Crippen molar-refractivity contribution < 1.29 is 14.3 Å². The number of ether oxygens (including phenoxy) is 1. The Labute approximate surface area is 231 Å². The Morgan fingerprint density at radius 2 is 1.63 bits per heavy atom. The van der Waals surface area contributed by atoms with Crippen molar-refractivity contribution in [2.75, 3.05) is 6.61 Å². The molecule has 1 aliphatic heterocycles. The molecule has 7 rings (SSSR count). The van der Waals surface area contributed by atoms with Crippen LogP contribution >= 0.6 is 0 Å². The molecule has 3 heteroatoms. The van der Waals surface area contributed by atoms with Crippen molar-refractivity contribution in [3.8, 4) is 0 Å². The topological polar surface area (TPSA) is 42.6 Å². The summed E-state index contributed by atoms with van der Waals surface area (Å²) in [7, 11) is 0. The minimum absolute atomic E-state index is 0.137. The molecule has 6 fully saturated rings. The molecule has 6 aliphatic rings. The molecule has 0 aromatic carbocycles. The largest absolute Gasteiger partial charge is 0.465 e. The first-order chi connectivity index (χ1) is 17.8. The Bertz CT molecular complexity index is 1130. The average molecular weight is 521 g/mol. The molecule has 2 bridgehead atoms. The maximum Gasteiger partial charge on any atom is 0.126 e. The number of furan rings is 1. The molecule has 10 atom stereocenters. The van der Waals surface area contributed by atoms with Gasteiger partial charge in [0.25, 0.3) is 0 Å². The normalized spacial score (nSPS) is 53.5. The summed E-state index contributed by atoms with van der Waals surface area (Å²) in [4.78, 5) is 0. The lowest BCUT2D eigenvalue weighted by Crippen LogP contribution is -2.68. The Morgan fingerprint density at radius 1 is 0.868 bits per heavy atom. The lowest BCUT2D eigenvalue weighted by atomic mass is 9.31. The van der Waals surface area contributed by atoms with E-state index in [4.69, 9.17) is 9.15 Å². The van der Waals surface area contributed by atoms with E-state index < -0.39 is 6.10 Å². The van der Waals surface area contributed by atoms with Gasteiger partial charge in [-0.15, -0.1) is 0 Å². The van der Waals surface area contributed by atoms with Gasteiger partial charge in [-0.1, -0.05) is 48.5 Å². The van der Waals surface area contributed by atoms with E-state index in [0.29, 0.717) is 39.6 Å². The van der Waals surface area contributed by atoms with Crippen molar-refractivity contribution in [3.05, 3.63) is 29.7 Å². The van der Waals surface area contributed by atoms with Gasteiger partial charge >= 0.3 is 0 Å². The van der Waals surface area contributed by atoms with Crippen LogP contribution in [0.3, 0.4) is 0 Å². The molecule has 1 aromatic heterocycles. The van der Waals surface area contributed by atoms with Crippen molar-refractivity contribution in [1.82, 2.24) is 0 Å². The van der Waals surface area contributed by atoms with Crippen molar-refractivity contribution in [2.24, 2.45) is 56.2 Å². The molecule has 5 aliphatic carbocycles. The Kier molecular flexibility index (Phi) is 5.32. The highest BCUT2D eigenvalue weighted by Gasteiger charge is 2.73. The summed E-state index contributed by atoms with van der Waals surface area (Å²) in [5.74, 6) is 3.63. The van der Waals surface area contributed by atoms with Crippen molar-refractivity contribution in [2.45, 2.75) is 118 Å². The molecule has 3 nitrogen and oxygen atoms in total. The summed E-state index contributed by atoms with van der Waals surface area (Å²) in [6.07, 6.45) is 15.6. The van der Waals surface area contributed by atoms with E-state index in [1.54, 1.807) is 6.26 Å². The first kappa shape index (κ1) is 25.9. The summed E-state index contributed by atoms with van der Waals surface area (Å²) >= 11 is 0. The fourth-order valence-corrected chi connectivity index (χ4v) is 12.7. The third kappa shape index (κ3) is 3.05. The van der Waals surface area contributed by atoms with Crippen LogP contribution in [0.15, 0.2) is 28.4 Å². The van der Waals surface area contributed by atoms with Crippen molar-refractivity contribution in [1.29, 1.82) is 0 Å². The molecular formula is C35H52O3. The van der Waals surface area contributed by atoms with Gasteiger partial charge in [0.15, 0.2) is 0 Å². The molecule has 2 heterocycles. The second-order valence-corrected chi connectivity index (χ2v) is 16.9. The molecule has 38 heavy (non-hydrogen) atoms. The maximum absolute atomic E-state index is 11.7. The molecule has 5 saturated carbocycles. The molecule has 1 aromatic rings. The molecule has 210 valence electrons. The van der Waals surface area contributed by atoms with E-state index in [1.165, 1.54) is 56.9 Å². The second-order valence-electron chi connectivity index (χ2n) is 16.9. The van der Waals surface area contributed by atoms with Crippen LogP contribution in [-0.2, 0) is 4.74 Å². The average Bonchev–Trinajstić information content (AvgIpc) is 3.47. The molecule has 0 radical (unpaired) electrons. The van der Waals surface area contributed by atoms with E-state index in [9.17, 15) is 5.11 Å². The van der Waals surface area contributed by atoms with Gasteiger partial charge in [-0.3, -0.25) is 0 Å². The smallest absolute Gasteiger partial charge is 0.126 e. The first-order valence-corrected chi connectivity index (χ1v) is 15.8. The predicted molar refractivity (Wildman–Crippen MR) is 152 cm³/mol. The van der Waals surface area contributed by atoms with E-state index in [1.807, 2.05) is 12.1 Å². The standard InChI is InChI=1S/C35H52O3/c1-30(2)14-16-35-17-15-33(6)24(27(35)29(30)38-21-35)10-11-26-32(5)20-22(19-23-9-8-18-37-23)28(36)31(3,4)25(32)12-13-34(26,33)7/h8-9,18-19,24-29,36H,10-17,20-21H2,1-7H3/b22-19+/t24-,25-,26-,27+,28+,29-,32+,33-,34-,35-/m1/s1. The van der Waals surface area contributed by atoms with Gasteiger partial charge < -0.3 is 14.3 Å². The monoisotopic (exact) mass is 520 g/mol. The van der Waals surface area contributed by atoms with Crippen LogP contribution in [0.2, 0.25) is 0 Å². The minimum Gasteiger partial charge on any atom is -0.465 e. The molecular weight excluding hydrogens is 468 g/mol. The summed E-state index contributed by atoms with van der Waals surface area (Å²) in [5.41, 5.74) is 2.69. The lowest BCUT2D eigenvalue weighted by molar-refractivity contribution is -0.245. The quantitative estimate of drug-likeness (QED) is 0.403. The van der Waals surface area contributed by atoms with E-state index >= 15 is 0 Å². The Balaban J connectivity index is 1.28. The van der Waals surface area contributed by atoms with Gasteiger partial charge in [0, 0.05) is 0 Å². The minimum atomic E-state index is -0.409. The molecule has 1 N–H and O–H groups in total. The number of fused-ring (bicyclic) bond motifs is 5. The molecule has 0 amide bonds. The van der Waals surface area contributed by atoms with Crippen LogP contribution in [0.1, 0.15) is 112 Å². The van der Waals surface area contributed by atoms with E-state index in [-0.39, 0.29) is 10.8 Å². The highest BCUT2D eigenvalue weighted by molar-refractivity contribution is 5.50. The molecule has 1 saturated heterocycles. The number of rotatable bonds is 1. The van der Waals surface area contributed by atoms with Gasteiger partial charge in [-0.05, 0) is 138 Å². The highest BCUT2D eigenvalue weighted by atomic mass is 16.5. The number of hydrogen-bond donors (Lipinski definition) is 1. The zero-order valence-corrected chi connectivity index (χ0v) is 25.1. The van der Waals surface area contributed by atoms with Gasteiger partial charge in [0.2, 0.25) is 0 Å². The Morgan fingerprint density at radius 3 is 2.37 bits per heavy atom. The first-order valence-electron chi connectivity index (χ1n) is 15.8. The van der Waals surface area contributed by atoms with E-state index in [2.05, 4.69) is 54.5 Å². The Hall–Kier alpha value is -1.06. The fraction of sp³-hybridized carbons (Fsp3) is 0.829. The van der Waals surface area contributed by atoms with Gasteiger partial charge in [0.05, 0.1) is 25.1 Å². The predicted octanol–water partition coefficient (Wildman–Crippen LogP) is 8.52. The third-order valence-electron chi connectivity index (χ3n) is 14.8. The summed E-state index contributed by atoms with van der Waals surface area (Å²) < 4.78 is 12.5. The number of hydrogen-bond acceptors (Lipinski definition) is 3. The number of aliphatic hydroxyl groups is 1. The zero-order valence-electron chi connectivity index (χ0n) is 25.1. The van der Waals surface area contributed by atoms with E-state index in [0.717, 1.165) is 30.6 Å². The summed E-state index contributed by atoms with van der Waals surface area (Å²) in [6, 6.07) is 3.98. The van der Waals surface area contributed by atoms with Crippen LogP contribution in [0, 0.1) is 56.2 Å². The van der Waals surface area contributed by atoms with Crippen molar-refractivity contribution >= 4 is 6.08 Å². The van der Waals surface area contributed by atoms with Gasteiger partial charge in [-0.25, -0.2) is 0 Å². The lowest BCUT2D eigenvalue weighted by Gasteiger charge is -2.73. The number of aliphatic hydroxyl groups excluding tert-OH is 1. The van der Waals surface area contributed by atoms with Crippen LogP contribution in [0.25, 0.3) is 6.08 Å². The summed E-state index contributed by atoms with van der Waals surface area (Å²) in [5, 5.41) is 11.7. The van der Waals surface area contributed by atoms with Gasteiger partial charge in [0.1, 0.15) is 5.76 Å².